The van der Waals surface area contributed by atoms with Crippen LogP contribution >= 0.6 is 23.7 Å². The lowest BCUT2D eigenvalue weighted by Gasteiger charge is -2.40. The predicted molar refractivity (Wildman–Crippen MR) is 90.3 cm³/mol. The summed E-state index contributed by atoms with van der Waals surface area (Å²) in [5.41, 5.74) is 6.40. The fourth-order valence-corrected chi connectivity index (χ4v) is 3.89. The van der Waals surface area contributed by atoms with Gasteiger partial charge >= 0.3 is 0 Å². The Morgan fingerprint density at radius 2 is 2.33 bits per heavy atom. The average molecular weight is 332 g/mol. The summed E-state index contributed by atoms with van der Waals surface area (Å²) in [4.78, 5) is 19.0. The molecular weight excluding hydrogens is 306 g/mol. The molecule has 0 aromatic carbocycles. The van der Waals surface area contributed by atoms with Crippen molar-refractivity contribution in [1.82, 2.24) is 9.88 Å². The van der Waals surface area contributed by atoms with Gasteiger partial charge in [0.2, 0.25) is 0 Å². The zero-order valence-electron chi connectivity index (χ0n) is 12.9. The summed E-state index contributed by atoms with van der Waals surface area (Å²) >= 11 is 1.54. The van der Waals surface area contributed by atoms with Crippen LogP contribution in [-0.4, -0.2) is 35.4 Å². The van der Waals surface area contributed by atoms with Crippen LogP contribution in [0.5, 0.6) is 0 Å². The third-order valence-electron chi connectivity index (χ3n) is 4.05. The van der Waals surface area contributed by atoms with Crippen molar-refractivity contribution in [3.8, 4) is 0 Å². The normalized spacial score (nSPS) is 22.0. The summed E-state index contributed by atoms with van der Waals surface area (Å²) in [6.45, 7) is 6.83. The fraction of sp³-hybridized carbons (Fsp3) is 0.733. The molecule has 1 aromatic heterocycles. The first-order valence-corrected chi connectivity index (χ1v) is 8.40. The molecule has 0 radical (unpaired) electrons. The third kappa shape index (κ3) is 4.66. The molecule has 1 saturated heterocycles. The average Bonchev–Trinajstić information content (AvgIpc) is 2.87. The second-order valence-corrected chi connectivity index (χ2v) is 7.00. The van der Waals surface area contributed by atoms with Crippen molar-refractivity contribution in [3.63, 3.8) is 0 Å². The van der Waals surface area contributed by atoms with Gasteiger partial charge in [-0.15, -0.1) is 23.7 Å². The molecule has 0 spiro atoms. The van der Waals surface area contributed by atoms with E-state index in [0.29, 0.717) is 12.2 Å². The predicted octanol–water partition coefficient (Wildman–Crippen LogP) is 3.11. The molecule has 4 nitrogen and oxygen atoms in total. The quantitative estimate of drug-likeness (QED) is 0.901. The maximum absolute atomic E-state index is 12.5. The number of carbonyl (C=O) groups excluding carboxylic acids is 1. The van der Waals surface area contributed by atoms with E-state index in [1.54, 1.807) is 0 Å². The van der Waals surface area contributed by atoms with Gasteiger partial charge in [-0.05, 0) is 31.2 Å². The lowest BCUT2D eigenvalue weighted by atomic mass is 9.78. The Morgan fingerprint density at radius 1 is 1.57 bits per heavy atom. The van der Waals surface area contributed by atoms with Crippen LogP contribution in [0.15, 0.2) is 5.38 Å². The Hall–Kier alpha value is -0.650. The van der Waals surface area contributed by atoms with E-state index in [2.05, 4.69) is 18.8 Å². The first-order chi connectivity index (χ1) is 9.58. The summed E-state index contributed by atoms with van der Waals surface area (Å²) < 4.78 is 0. The molecule has 2 N–H and O–H groups in total. The van der Waals surface area contributed by atoms with E-state index < -0.39 is 0 Å². The van der Waals surface area contributed by atoms with Crippen molar-refractivity contribution in [1.29, 1.82) is 0 Å². The van der Waals surface area contributed by atoms with E-state index in [9.17, 15) is 4.79 Å². The highest BCUT2D eigenvalue weighted by Crippen LogP contribution is 2.34. The minimum Gasteiger partial charge on any atom is -0.337 e. The number of amides is 1. The summed E-state index contributed by atoms with van der Waals surface area (Å²) in [5, 5.41) is 2.84. The molecule has 1 aliphatic heterocycles. The maximum atomic E-state index is 12.5. The second kappa shape index (κ2) is 8.11. The highest BCUT2D eigenvalue weighted by molar-refractivity contribution is 7.09. The molecule has 0 saturated carbocycles. The smallest absolute Gasteiger partial charge is 0.273 e. The molecule has 1 atom stereocenters. The standard InChI is InChI=1S/C15H25N3OS.ClH/c1-3-6-15(2)7-4-9-18(11-15)14(19)12-10-20-13(17-12)5-8-16;/h10H,3-9,11,16H2,1-2H3;1H. The van der Waals surface area contributed by atoms with E-state index in [-0.39, 0.29) is 23.7 Å². The van der Waals surface area contributed by atoms with Crippen LogP contribution in [0.4, 0.5) is 0 Å². The van der Waals surface area contributed by atoms with Crippen LogP contribution in [0.3, 0.4) is 0 Å². The Bertz CT molecular complexity index is 462. The molecule has 6 heteroatoms. The molecule has 21 heavy (non-hydrogen) atoms. The molecule has 120 valence electrons. The van der Waals surface area contributed by atoms with Gasteiger partial charge in [0.1, 0.15) is 5.69 Å². The Balaban J connectivity index is 0.00000220. The highest BCUT2D eigenvalue weighted by Gasteiger charge is 2.33. The Kier molecular flexibility index (Phi) is 7.10. The zero-order valence-corrected chi connectivity index (χ0v) is 14.6. The maximum Gasteiger partial charge on any atom is 0.273 e. The monoisotopic (exact) mass is 331 g/mol. The van der Waals surface area contributed by atoms with Crippen molar-refractivity contribution in [2.45, 2.75) is 46.0 Å². The summed E-state index contributed by atoms with van der Waals surface area (Å²) in [6, 6.07) is 0. The number of nitrogens with two attached hydrogens (primary N) is 1. The molecule has 1 aromatic rings. The van der Waals surface area contributed by atoms with Gasteiger partial charge in [0, 0.05) is 24.9 Å². The number of likely N-dealkylation sites (tertiary alicyclic amines) is 1. The molecule has 0 aliphatic carbocycles. The van der Waals surface area contributed by atoms with E-state index in [1.807, 2.05) is 10.3 Å². The molecule has 1 aliphatic rings. The van der Waals surface area contributed by atoms with Crippen LogP contribution in [-0.2, 0) is 6.42 Å². The molecule has 1 amide bonds. The van der Waals surface area contributed by atoms with Gasteiger partial charge in [-0.1, -0.05) is 20.3 Å². The molecule has 1 fully saturated rings. The molecule has 2 heterocycles. The summed E-state index contributed by atoms with van der Waals surface area (Å²) in [7, 11) is 0. The Morgan fingerprint density at radius 3 is 3.00 bits per heavy atom. The third-order valence-corrected chi connectivity index (χ3v) is 4.96. The first kappa shape index (κ1) is 18.4. The van der Waals surface area contributed by atoms with Gasteiger partial charge < -0.3 is 10.6 Å². The van der Waals surface area contributed by atoms with Crippen LogP contribution < -0.4 is 5.73 Å². The lowest BCUT2D eigenvalue weighted by molar-refractivity contribution is 0.0525. The van der Waals surface area contributed by atoms with Crippen LogP contribution in [0.1, 0.15) is 55.0 Å². The first-order valence-electron chi connectivity index (χ1n) is 7.52. The molecular formula is C15H26ClN3OS. The van der Waals surface area contributed by atoms with Crippen LogP contribution in [0.25, 0.3) is 0 Å². The minimum atomic E-state index is 0. The summed E-state index contributed by atoms with van der Waals surface area (Å²) in [6.07, 6.45) is 5.44. The number of aromatic nitrogens is 1. The largest absolute Gasteiger partial charge is 0.337 e. The van der Waals surface area contributed by atoms with Crippen molar-refractivity contribution >= 4 is 29.7 Å². The summed E-state index contributed by atoms with van der Waals surface area (Å²) in [5.74, 6) is 0.0894. The number of nitrogens with zero attached hydrogens (tertiary/aromatic N) is 2. The fourth-order valence-electron chi connectivity index (χ4n) is 3.11. The van der Waals surface area contributed by atoms with Gasteiger partial charge in [-0.2, -0.15) is 0 Å². The van der Waals surface area contributed by atoms with Crippen molar-refractivity contribution in [2.75, 3.05) is 19.6 Å². The van der Waals surface area contributed by atoms with Gasteiger partial charge in [0.15, 0.2) is 0 Å². The molecule has 2 rings (SSSR count). The van der Waals surface area contributed by atoms with E-state index >= 15 is 0 Å². The topological polar surface area (TPSA) is 59.2 Å². The number of thiazole rings is 1. The van der Waals surface area contributed by atoms with Gasteiger partial charge in [0.25, 0.3) is 5.91 Å². The number of rotatable bonds is 5. The van der Waals surface area contributed by atoms with Crippen LogP contribution in [0, 0.1) is 5.41 Å². The van der Waals surface area contributed by atoms with Crippen molar-refractivity contribution in [2.24, 2.45) is 11.1 Å². The number of hydrogen-bond donors (Lipinski definition) is 1. The van der Waals surface area contributed by atoms with Crippen LogP contribution in [0.2, 0.25) is 0 Å². The number of carbonyl (C=O) groups is 1. The number of piperidine rings is 1. The molecule has 1 unspecified atom stereocenters. The lowest BCUT2D eigenvalue weighted by Crippen LogP contribution is -2.44. The van der Waals surface area contributed by atoms with E-state index in [4.69, 9.17) is 5.73 Å². The van der Waals surface area contributed by atoms with Gasteiger partial charge in [-0.3, -0.25) is 4.79 Å². The van der Waals surface area contributed by atoms with Gasteiger partial charge in [-0.25, -0.2) is 4.98 Å². The molecule has 0 bridgehead atoms. The van der Waals surface area contributed by atoms with Crippen molar-refractivity contribution in [3.05, 3.63) is 16.1 Å². The zero-order chi connectivity index (χ0) is 14.6. The SMILES string of the molecule is CCCC1(C)CCCN(C(=O)c2csc(CCN)n2)C1.Cl. The number of halogens is 1. The minimum absolute atomic E-state index is 0. The van der Waals surface area contributed by atoms with E-state index in [0.717, 1.165) is 30.9 Å². The Labute approximate surface area is 137 Å². The number of hydrogen-bond acceptors (Lipinski definition) is 4. The highest BCUT2D eigenvalue weighted by atomic mass is 35.5. The second-order valence-electron chi connectivity index (χ2n) is 6.06. The van der Waals surface area contributed by atoms with Gasteiger partial charge in [0.05, 0.1) is 5.01 Å². The van der Waals surface area contributed by atoms with E-state index in [1.165, 1.54) is 30.6 Å². The van der Waals surface area contributed by atoms with Crippen molar-refractivity contribution < 1.29 is 4.79 Å².